The van der Waals surface area contributed by atoms with Crippen LogP contribution in [-0.2, 0) is 4.79 Å². The third-order valence-electron chi connectivity index (χ3n) is 6.29. The van der Waals surface area contributed by atoms with Gasteiger partial charge in [0.15, 0.2) is 18.1 Å². The number of piperidine rings is 1. The number of aromatic amines is 1. The summed E-state index contributed by atoms with van der Waals surface area (Å²) in [6.07, 6.45) is 5.13. The number of imidazole rings is 1. The number of H-pyrrole nitrogens is 1. The minimum atomic E-state index is -0.330. The number of halogens is 1. The lowest BCUT2D eigenvalue weighted by Crippen LogP contribution is -2.42. The van der Waals surface area contributed by atoms with Gasteiger partial charge in [-0.15, -0.1) is 0 Å². The van der Waals surface area contributed by atoms with Gasteiger partial charge in [-0.05, 0) is 51.0 Å². The highest BCUT2D eigenvalue weighted by atomic mass is 35.5. The number of carbonyl (C=O) groups excluding carboxylic acids is 1. The van der Waals surface area contributed by atoms with Gasteiger partial charge in [-0.25, -0.2) is 9.97 Å². The second-order valence-corrected chi connectivity index (χ2v) is 9.47. The number of nitrogens with one attached hydrogen (secondary N) is 3. The van der Waals surface area contributed by atoms with Crippen LogP contribution in [0.25, 0.3) is 22.6 Å². The van der Waals surface area contributed by atoms with Crippen molar-refractivity contribution in [3.63, 3.8) is 0 Å². The van der Waals surface area contributed by atoms with Gasteiger partial charge in [0.05, 0.1) is 16.9 Å². The van der Waals surface area contributed by atoms with Crippen molar-refractivity contribution >= 4 is 40.2 Å². The van der Waals surface area contributed by atoms with E-state index < -0.39 is 0 Å². The molecule has 188 valence electrons. The molecule has 0 spiro atoms. The molecule has 0 bridgehead atoms. The summed E-state index contributed by atoms with van der Waals surface area (Å²) >= 11 is 6.54. The molecule has 0 atom stereocenters. The molecule has 1 fully saturated rings. The van der Waals surface area contributed by atoms with Crippen molar-refractivity contribution in [2.45, 2.75) is 38.8 Å². The van der Waals surface area contributed by atoms with Gasteiger partial charge < -0.3 is 29.8 Å². The minimum Gasteiger partial charge on any atom is -0.484 e. The van der Waals surface area contributed by atoms with Crippen LogP contribution in [0.2, 0.25) is 5.02 Å². The third kappa shape index (κ3) is 5.44. The van der Waals surface area contributed by atoms with Crippen molar-refractivity contribution in [2.75, 3.05) is 30.3 Å². The first-order valence-electron chi connectivity index (χ1n) is 11.9. The molecule has 10 nitrogen and oxygen atoms in total. The molecule has 0 aliphatic carbocycles. The zero-order valence-corrected chi connectivity index (χ0v) is 20.9. The van der Waals surface area contributed by atoms with Crippen LogP contribution in [-0.4, -0.2) is 62.7 Å². The van der Waals surface area contributed by atoms with Gasteiger partial charge in [0.25, 0.3) is 5.91 Å². The summed E-state index contributed by atoms with van der Waals surface area (Å²) in [5, 5.41) is 10.4. The molecule has 0 saturated carbocycles. The monoisotopic (exact) mass is 509 g/mol. The molecule has 5 rings (SSSR count). The largest absolute Gasteiger partial charge is 0.484 e. The van der Waals surface area contributed by atoms with Crippen LogP contribution in [0.5, 0.6) is 5.75 Å². The van der Waals surface area contributed by atoms with E-state index in [1.807, 2.05) is 12.1 Å². The predicted octanol–water partition coefficient (Wildman–Crippen LogP) is 4.57. The van der Waals surface area contributed by atoms with E-state index >= 15 is 0 Å². The first-order chi connectivity index (χ1) is 17.5. The molecule has 4 aromatic rings. The second-order valence-electron chi connectivity index (χ2n) is 9.06. The molecular weight excluding hydrogens is 482 g/mol. The summed E-state index contributed by atoms with van der Waals surface area (Å²) in [5.41, 5.74) is 3.08. The Hall–Kier alpha value is -3.63. The van der Waals surface area contributed by atoms with Gasteiger partial charge in [0.1, 0.15) is 23.4 Å². The smallest absolute Gasteiger partial charge is 0.263 e. The van der Waals surface area contributed by atoms with Crippen LogP contribution in [0, 0.1) is 0 Å². The topological polar surface area (TPSA) is 121 Å². The average Bonchev–Trinajstić information content (AvgIpc) is 3.55. The molecule has 11 heteroatoms. The maximum absolute atomic E-state index is 12.0. The highest BCUT2D eigenvalue weighted by Gasteiger charge is 2.23. The van der Waals surface area contributed by atoms with E-state index in [4.69, 9.17) is 16.3 Å². The van der Waals surface area contributed by atoms with Crippen molar-refractivity contribution in [3.05, 3.63) is 47.8 Å². The average molecular weight is 510 g/mol. The molecule has 3 aromatic heterocycles. The Bertz CT molecular complexity index is 1310. The molecule has 1 saturated heterocycles. The van der Waals surface area contributed by atoms with Crippen LogP contribution < -0.4 is 15.4 Å². The van der Waals surface area contributed by atoms with Gasteiger partial charge in [-0.3, -0.25) is 4.79 Å². The van der Waals surface area contributed by atoms with Crippen molar-refractivity contribution in [3.8, 4) is 17.1 Å². The van der Waals surface area contributed by atoms with Gasteiger partial charge in [-0.2, -0.15) is 0 Å². The number of hydrogen-bond donors (Lipinski definition) is 3. The Labute approximate surface area is 213 Å². The quantitative estimate of drug-likeness (QED) is 0.316. The van der Waals surface area contributed by atoms with Crippen molar-refractivity contribution < 1.29 is 14.1 Å². The van der Waals surface area contributed by atoms with Crippen LogP contribution in [0.1, 0.15) is 26.7 Å². The summed E-state index contributed by atoms with van der Waals surface area (Å²) in [5.74, 6) is 1.24. The normalized spacial score (nSPS) is 14.9. The third-order valence-corrected chi connectivity index (χ3v) is 6.57. The fourth-order valence-electron chi connectivity index (χ4n) is 4.29. The number of rotatable bonds is 8. The number of nitrogens with zero attached hydrogens (tertiary/aromatic N) is 4. The van der Waals surface area contributed by atoms with E-state index in [-0.39, 0.29) is 12.5 Å². The number of likely N-dealkylation sites (tertiary alicyclic amines) is 1. The summed E-state index contributed by atoms with van der Waals surface area (Å²) in [7, 11) is 0. The maximum Gasteiger partial charge on any atom is 0.263 e. The molecule has 0 radical (unpaired) electrons. The van der Waals surface area contributed by atoms with E-state index in [0.29, 0.717) is 40.1 Å². The number of fused-ring (bicyclic) bond motifs is 1. The molecule has 1 aromatic carbocycles. The lowest BCUT2D eigenvalue weighted by Gasteiger charge is -2.35. The molecule has 4 heterocycles. The zero-order valence-electron chi connectivity index (χ0n) is 20.1. The Morgan fingerprint density at radius 2 is 2.03 bits per heavy atom. The van der Waals surface area contributed by atoms with Crippen molar-refractivity contribution in [2.24, 2.45) is 0 Å². The fraction of sp³-hybridized carbons (Fsp3) is 0.360. The maximum atomic E-state index is 12.0. The van der Waals surface area contributed by atoms with E-state index in [1.54, 1.807) is 24.4 Å². The Kier molecular flexibility index (Phi) is 7.06. The first kappa shape index (κ1) is 24.1. The van der Waals surface area contributed by atoms with Crippen molar-refractivity contribution in [1.82, 2.24) is 25.0 Å². The first-order valence-corrected chi connectivity index (χ1v) is 12.3. The van der Waals surface area contributed by atoms with E-state index in [2.05, 4.69) is 54.0 Å². The van der Waals surface area contributed by atoms with Gasteiger partial charge in [0.2, 0.25) is 0 Å². The molecule has 1 aliphatic rings. The van der Waals surface area contributed by atoms with Crippen molar-refractivity contribution in [1.29, 1.82) is 0 Å². The molecular formula is C25H28ClN7O3. The number of ether oxygens (including phenoxy) is 1. The number of aromatic nitrogens is 4. The number of pyridine rings is 1. The summed E-state index contributed by atoms with van der Waals surface area (Å²) in [4.78, 5) is 26.9. The van der Waals surface area contributed by atoms with E-state index in [1.165, 1.54) is 6.26 Å². The van der Waals surface area contributed by atoms with Crippen LogP contribution in [0.15, 0.2) is 47.3 Å². The zero-order chi connectivity index (χ0) is 25.1. The Morgan fingerprint density at radius 3 is 2.72 bits per heavy atom. The summed E-state index contributed by atoms with van der Waals surface area (Å²) in [6, 6.07) is 9.77. The second kappa shape index (κ2) is 10.5. The van der Waals surface area contributed by atoms with Gasteiger partial charge in [-0.1, -0.05) is 16.8 Å². The number of carbonyl (C=O) groups is 1. The fourth-order valence-corrected chi connectivity index (χ4v) is 4.49. The predicted molar refractivity (Wildman–Crippen MR) is 138 cm³/mol. The van der Waals surface area contributed by atoms with Crippen LogP contribution in [0.3, 0.4) is 0 Å². The van der Waals surface area contributed by atoms with E-state index in [0.717, 1.165) is 42.7 Å². The number of benzene rings is 1. The molecule has 3 N–H and O–H groups in total. The number of amides is 1. The lowest BCUT2D eigenvalue weighted by atomic mass is 10.0. The Morgan fingerprint density at radius 1 is 1.25 bits per heavy atom. The molecule has 36 heavy (non-hydrogen) atoms. The number of hydrogen-bond acceptors (Lipinski definition) is 8. The Balaban J connectivity index is 1.26. The highest BCUT2D eigenvalue weighted by molar-refractivity contribution is 6.34. The molecule has 1 amide bonds. The molecule has 1 aliphatic heterocycles. The number of anilines is 2. The van der Waals surface area contributed by atoms with Gasteiger partial charge in [0, 0.05) is 36.8 Å². The lowest BCUT2D eigenvalue weighted by molar-refractivity contribution is -0.118. The highest BCUT2D eigenvalue weighted by Crippen LogP contribution is 2.32. The van der Waals surface area contributed by atoms with Crippen LogP contribution >= 0.6 is 11.6 Å². The molecule has 0 unspecified atom stereocenters. The summed E-state index contributed by atoms with van der Waals surface area (Å²) < 4.78 is 10.3. The van der Waals surface area contributed by atoms with Gasteiger partial charge >= 0.3 is 0 Å². The SMILES string of the molecule is CC(C)N1CCC(Nc2c(Cl)cnc3nc(-c4ccc(OCC(=O)Nc5ccon5)cc4)[nH]c23)CC1. The standard InChI is InChI=1S/C25H28ClN7O3/c1-15(2)33-10-7-17(8-11-33)28-22-19(26)13-27-25-23(22)30-24(31-25)16-3-5-18(6-4-16)35-14-21(34)29-20-9-12-36-32-20/h3-6,9,12-13,15,17H,7-8,10-11,14H2,1-2H3,(H,29,32,34)(H2,27,28,30,31). The van der Waals surface area contributed by atoms with E-state index in [9.17, 15) is 4.79 Å². The van der Waals surface area contributed by atoms with Crippen LogP contribution in [0.4, 0.5) is 11.5 Å². The minimum absolute atomic E-state index is 0.148. The summed E-state index contributed by atoms with van der Waals surface area (Å²) in [6.45, 7) is 6.44.